The molecule has 1 saturated heterocycles. The quantitative estimate of drug-likeness (QED) is 0.762. The van der Waals surface area contributed by atoms with Gasteiger partial charge in [-0.15, -0.1) is 0 Å². The molecule has 1 amide bonds. The number of unbranched alkanes of at least 4 members (excludes halogenated alkanes) is 2. The van der Waals surface area contributed by atoms with Crippen LogP contribution < -0.4 is 5.56 Å². The van der Waals surface area contributed by atoms with Crippen LogP contribution in [0, 0.1) is 0 Å². The van der Waals surface area contributed by atoms with Crippen LogP contribution in [0.2, 0.25) is 0 Å². The number of hydrogen-bond acceptors (Lipinski definition) is 3. The fourth-order valence-electron chi connectivity index (χ4n) is 3.66. The van der Waals surface area contributed by atoms with Gasteiger partial charge < -0.3 is 4.90 Å². The molecule has 2 aromatic rings. The Bertz CT molecular complexity index is 804. The largest absolute Gasteiger partial charge is 0.337 e. The molecular weight excluding hydrogens is 326 g/mol. The molecule has 1 aliphatic rings. The first-order valence-corrected chi connectivity index (χ1v) is 10.0. The smallest absolute Gasteiger partial charge is 0.274 e. The lowest BCUT2D eigenvalue weighted by Gasteiger charge is -2.25. The summed E-state index contributed by atoms with van der Waals surface area (Å²) in [6.07, 6.45) is 8.73. The summed E-state index contributed by atoms with van der Waals surface area (Å²) in [5.74, 6) is -0.0349. The highest BCUT2D eigenvalue weighted by atomic mass is 16.2. The second-order valence-corrected chi connectivity index (χ2v) is 7.19. The van der Waals surface area contributed by atoms with Crippen molar-refractivity contribution in [2.45, 2.75) is 64.8 Å². The number of carbonyl (C=O) groups is 1. The number of aryl methyl sites for hydroxylation is 1. The molecule has 0 saturated carbocycles. The molecule has 1 aliphatic heterocycles. The average molecular weight is 355 g/mol. The second kappa shape index (κ2) is 8.97. The Morgan fingerprint density at radius 2 is 1.65 bits per heavy atom. The Hall–Kier alpha value is -2.17. The van der Waals surface area contributed by atoms with Gasteiger partial charge in [-0.3, -0.25) is 9.59 Å². The van der Waals surface area contributed by atoms with Crippen LogP contribution in [-0.4, -0.2) is 33.7 Å². The number of rotatable bonds is 5. The number of nitrogens with zero attached hydrogens (tertiary/aromatic N) is 3. The van der Waals surface area contributed by atoms with E-state index in [1.807, 2.05) is 23.1 Å². The van der Waals surface area contributed by atoms with Crippen LogP contribution in [-0.2, 0) is 6.54 Å². The van der Waals surface area contributed by atoms with Crippen LogP contribution in [0.1, 0.15) is 68.8 Å². The van der Waals surface area contributed by atoms with Gasteiger partial charge in [-0.25, -0.2) is 4.68 Å². The Kier molecular flexibility index (Phi) is 6.42. The van der Waals surface area contributed by atoms with Crippen LogP contribution in [0.3, 0.4) is 0 Å². The van der Waals surface area contributed by atoms with Gasteiger partial charge in [0.2, 0.25) is 0 Å². The first-order valence-electron chi connectivity index (χ1n) is 10.0. The van der Waals surface area contributed by atoms with E-state index in [-0.39, 0.29) is 11.5 Å². The van der Waals surface area contributed by atoms with Crippen molar-refractivity contribution in [2.75, 3.05) is 13.1 Å². The monoisotopic (exact) mass is 355 g/mol. The number of hydrogen-bond donors (Lipinski definition) is 0. The third kappa shape index (κ3) is 4.14. The summed E-state index contributed by atoms with van der Waals surface area (Å²) in [6, 6.07) is 7.37. The van der Waals surface area contributed by atoms with Gasteiger partial charge in [-0.1, -0.05) is 57.2 Å². The van der Waals surface area contributed by atoms with E-state index in [0.717, 1.165) is 45.2 Å². The number of likely N-dealkylation sites (tertiary alicyclic amines) is 1. The van der Waals surface area contributed by atoms with Crippen LogP contribution in [0.5, 0.6) is 0 Å². The molecule has 2 heterocycles. The zero-order valence-electron chi connectivity index (χ0n) is 15.7. The summed E-state index contributed by atoms with van der Waals surface area (Å²) in [4.78, 5) is 27.9. The molecule has 0 atom stereocenters. The van der Waals surface area contributed by atoms with E-state index in [1.54, 1.807) is 6.07 Å². The van der Waals surface area contributed by atoms with Crippen LogP contribution in [0.4, 0.5) is 0 Å². The molecule has 3 rings (SSSR count). The van der Waals surface area contributed by atoms with Gasteiger partial charge >= 0.3 is 0 Å². The molecule has 1 aromatic heterocycles. The van der Waals surface area contributed by atoms with Gasteiger partial charge in [0.25, 0.3) is 11.5 Å². The van der Waals surface area contributed by atoms with Crippen molar-refractivity contribution in [3.05, 3.63) is 40.3 Å². The van der Waals surface area contributed by atoms with E-state index in [9.17, 15) is 9.59 Å². The Morgan fingerprint density at radius 3 is 2.35 bits per heavy atom. The van der Waals surface area contributed by atoms with Crippen molar-refractivity contribution < 1.29 is 4.79 Å². The van der Waals surface area contributed by atoms with Crippen LogP contribution in [0.15, 0.2) is 29.1 Å². The van der Waals surface area contributed by atoms with Crippen molar-refractivity contribution in [3.8, 4) is 0 Å². The number of carbonyl (C=O) groups excluding carboxylic acids is 1. The Morgan fingerprint density at radius 1 is 1.00 bits per heavy atom. The van der Waals surface area contributed by atoms with Gasteiger partial charge in [-0.05, 0) is 25.3 Å². The molecule has 0 N–H and O–H groups in total. The van der Waals surface area contributed by atoms with Crippen molar-refractivity contribution in [1.29, 1.82) is 0 Å². The third-order valence-corrected chi connectivity index (χ3v) is 5.19. The first kappa shape index (κ1) is 18.6. The molecule has 5 heteroatoms. The molecule has 0 spiro atoms. The summed E-state index contributed by atoms with van der Waals surface area (Å²) in [6.45, 7) is 4.26. The highest BCUT2D eigenvalue weighted by Crippen LogP contribution is 2.18. The number of benzene rings is 1. The standard InChI is InChI=1S/C21H29N3O2/c1-2-3-9-16-24-20(25)18-13-8-7-12-17(18)19(22-24)21(26)23-14-10-5-4-6-11-15-23/h7-8,12-13H,2-6,9-11,14-16H2,1H3. The molecule has 0 unspecified atom stereocenters. The fraction of sp³-hybridized carbons (Fsp3) is 0.571. The molecule has 1 aromatic carbocycles. The second-order valence-electron chi connectivity index (χ2n) is 7.19. The van der Waals surface area contributed by atoms with Crippen molar-refractivity contribution >= 4 is 16.7 Å². The average Bonchev–Trinajstić information content (AvgIpc) is 2.63. The van der Waals surface area contributed by atoms with E-state index in [0.29, 0.717) is 23.0 Å². The number of amides is 1. The first-order chi connectivity index (χ1) is 12.7. The summed E-state index contributed by atoms with van der Waals surface area (Å²) in [7, 11) is 0. The maximum atomic E-state index is 13.2. The normalized spacial score (nSPS) is 15.7. The maximum absolute atomic E-state index is 13.2. The molecule has 0 radical (unpaired) electrons. The molecule has 140 valence electrons. The van der Waals surface area contributed by atoms with Gasteiger partial charge in [0.1, 0.15) is 0 Å². The molecule has 26 heavy (non-hydrogen) atoms. The topological polar surface area (TPSA) is 55.2 Å². The van der Waals surface area contributed by atoms with Gasteiger partial charge in [0, 0.05) is 25.0 Å². The summed E-state index contributed by atoms with van der Waals surface area (Å²) >= 11 is 0. The lowest BCUT2D eigenvalue weighted by atomic mass is 10.1. The predicted molar refractivity (Wildman–Crippen MR) is 105 cm³/mol. The minimum atomic E-state index is -0.0964. The number of aromatic nitrogens is 2. The summed E-state index contributed by atoms with van der Waals surface area (Å²) < 4.78 is 1.50. The van der Waals surface area contributed by atoms with Gasteiger partial charge in [0.15, 0.2) is 5.69 Å². The lowest BCUT2D eigenvalue weighted by Crippen LogP contribution is -2.36. The number of fused-ring (bicyclic) bond motifs is 1. The van der Waals surface area contributed by atoms with Gasteiger partial charge in [-0.2, -0.15) is 5.10 Å². The van der Waals surface area contributed by atoms with E-state index < -0.39 is 0 Å². The summed E-state index contributed by atoms with van der Waals surface area (Å²) in [5, 5.41) is 5.78. The van der Waals surface area contributed by atoms with Crippen molar-refractivity contribution in [1.82, 2.24) is 14.7 Å². The van der Waals surface area contributed by atoms with Gasteiger partial charge in [0.05, 0.1) is 5.39 Å². The highest BCUT2D eigenvalue weighted by Gasteiger charge is 2.22. The van der Waals surface area contributed by atoms with Crippen LogP contribution >= 0.6 is 0 Å². The molecule has 1 fully saturated rings. The fourth-order valence-corrected chi connectivity index (χ4v) is 3.66. The Balaban J connectivity index is 1.98. The Labute approximate surface area is 155 Å². The highest BCUT2D eigenvalue weighted by molar-refractivity contribution is 6.04. The zero-order valence-corrected chi connectivity index (χ0v) is 15.7. The van der Waals surface area contributed by atoms with Crippen molar-refractivity contribution in [3.63, 3.8) is 0 Å². The molecular formula is C21H29N3O2. The molecule has 0 bridgehead atoms. The molecule has 5 nitrogen and oxygen atoms in total. The third-order valence-electron chi connectivity index (χ3n) is 5.19. The SMILES string of the molecule is CCCCCn1nc(C(=O)N2CCCCCCC2)c2ccccc2c1=O. The zero-order chi connectivity index (χ0) is 18.4. The minimum Gasteiger partial charge on any atom is -0.337 e. The molecule has 0 aliphatic carbocycles. The van der Waals surface area contributed by atoms with E-state index >= 15 is 0 Å². The minimum absolute atomic E-state index is 0.0349. The van der Waals surface area contributed by atoms with E-state index in [1.165, 1.54) is 23.9 Å². The predicted octanol–water partition coefficient (Wildman–Crippen LogP) is 3.99. The van der Waals surface area contributed by atoms with Crippen LogP contribution in [0.25, 0.3) is 10.8 Å². The lowest BCUT2D eigenvalue weighted by molar-refractivity contribution is 0.0736. The maximum Gasteiger partial charge on any atom is 0.274 e. The van der Waals surface area contributed by atoms with E-state index in [2.05, 4.69) is 12.0 Å². The van der Waals surface area contributed by atoms with Crippen molar-refractivity contribution in [2.24, 2.45) is 0 Å². The summed E-state index contributed by atoms with van der Waals surface area (Å²) in [5.41, 5.74) is 0.332. The van der Waals surface area contributed by atoms with E-state index in [4.69, 9.17) is 0 Å².